The zero-order chi connectivity index (χ0) is 28.4. The van der Waals surface area contributed by atoms with Gasteiger partial charge in [-0.05, 0) is 33.3 Å². The summed E-state index contributed by atoms with van der Waals surface area (Å²) in [6.45, 7) is 6.76. The van der Waals surface area contributed by atoms with Crippen LogP contribution in [0.1, 0.15) is 39.2 Å². The van der Waals surface area contributed by atoms with E-state index in [1.54, 1.807) is 45.7 Å². The molecule has 0 bridgehead atoms. The average molecular weight is 550 g/mol. The van der Waals surface area contributed by atoms with E-state index in [0.717, 1.165) is 11.8 Å². The molecule has 2 rings (SSSR count). The number of ether oxygens (including phenoxy) is 3. The van der Waals surface area contributed by atoms with Crippen LogP contribution in [0.2, 0.25) is 0 Å². The van der Waals surface area contributed by atoms with Gasteiger partial charge in [0.1, 0.15) is 6.04 Å². The van der Waals surface area contributed by atoms with Crippen molar-refractivity contribution in [2.24, 2.45) is 0 Å². The number of esters is 3. The highest BCUT2D eigenvalue weighted by Crippen LogP contribution is 2.46. The summed E-state index contributed by atoms with van der Waals surface area (Å²) in [4.78, 5) is 62.6. The number of nitrogens with zero attached hydrogens (tertiary/aromatic N) is 2. The van der Waals surface area contributed by atoms with Gasteiger partial charge in [-0.15, -0.1) is 11.8 Å². The van der Waals surface area contributed by atoms with Crippen molar-refractivity contribution in [1.82, 2.24) is 10.2 Å². The number of hydrogen-bond acceptors (Lipinski definition) is 11. The van der Waals surface area contributed by atoms with E-state index < -0.39 is 34.8 Å². The first kappa shape index (κ1) is 30.4. The molecule has 1 aromatic rings. The van der Waals surface area contributed by atoms with E-state index in [9.17, 15) is 29.3 Å². The fraction of sp³-hybridized carbons (Fsp3) is 0.440. The summed E-state index contributed by atoms with van der Waals surface area (Å²) in [6.07, 6.45) is 0.378. The molecule has 13 heteroatoms. The second kappa shape index (κ2) is 14.2. The summed E-state index contributed by atoms with van der Waals surface area (Å²) < 4.78 is 15.7. The lowest BCUT2D eigenvalue weighted by Gasteiger charge is -2.36. The summed E-state index contributed by atoms with van der Waals surface area (Å²) in [5.74, 6) is -3.16. The van der Waals surface area contributed by atoms with Gasteiger partial charge >= 0.3 is 17.9 Å². The van der Waals surface area contributed by atoms with Gasteiger partial charge in [-0.2, -0.15) is 0 Å². The van der Waals surface area contributed by atoms with Crippen LogP contribution >= 0.6 is 11.8 Å². The molecule has 0 saturated carbocycles. The Morgan fingerprint density at radius 2 is 1.71 bits per heavy atom. The first-order chi connectivity index (χ1) is 18.1. The van der Waals surface area contributed by atoms with Gasteiger partial charge in [-0.1, -0.05) is 12.1 Å². The number of rotatable bonds is 13. The summed E-state index contributed by atoms with van der Waals surface area (Å²) in [6, 6.07) is 4.61. The van der Waals surface area contributed by atoms with E-state index in [-0.39, 0.29) is 42.4 Å². The van der Waals surface area contributed by atoms with Crippen LogP contribution in [-0.2, 0) is 33.4 Å². The number of allylic oxidation sites excluding steroid dienone is 1. The number of nitro groups is 1. The molecule has 1 amide bonds. The van der Waals surface area contributed by atoms with Gasteiger partial charge in [0.25, 0.3) is 5.69 Å². The monoisotopic (exact) mass is 549 g/mol. The number of non-ortho nitro benzene ring substituents is 1. The molecular formula is C25H31N3O9S. The Morgan fingerprint density at radius 1 is 1.11 bits per heavy atom. The Morgan fingerprint density at radius 3 is 2.26 bits per heavy atom. The van der Waals surface area contributed by atoms with Crippen LogP contribution in [0.4, 0.5) is 5.69 Å². The quantitative estimate of drug-likeness (QED) is 0.127. The Balaban J connectivity index is 2.76. The third kappa shape index (κ3) is 6.91. The third-order valence-electron chi connectivity index (χ3n) is 5.64. The number of carbonyl (C=O) groups excluding carboxylic acids is 4. The van der Waals surface area contributed by atoms with Crippen LogP contribution in [0.25, 0.3) is 0 Å². The second-order valence-electron chi connectivity index (χ2n) is 7.90. The van der Waals surface area contributed by atoms with Gasteiger partial charge in [0.05, 0.1) is 46.8 Å². The normalized spacial score (nSPS) is 16.0. The molecule has 1 heterocycles. The molecule has 0 aliphatic carbocycles. The molecule has 0 fully saturated rings. The highest BCUT2D eigenvalue weighted by atomic mass is 32.2. The molecule has 0 spiro atoms. The molecule has 12 nitrogen and oxygen atoms in total. The molecule has 0 radical (unpaired) electrons. The number of benzene rings is 1. The Bertz CT molecular complexity index is 1150. The molecular weight excluding hydrogens is 518 g/mol. The van der Waals surface area contributed by atoms with E-state index in [1.807, 2.05) is 0 Å². The smallest absolute Gasteiger partial charge is 0.337 e. The van der Waals surface area contributed by atoms with Crippen LogP contribution in [0, 0.1) is 10.1 Å². The SMILES string of the molecule is CCOC(=O)C1=C(C)N(C)C(SCC(NC=O)C(=O)OCC)=C(C(=O)OCC)C1c1cccc([N+](=O)[O-])c1. The van der Waals surface area contributed by atoms with Gasteiger partial charge in [0.2, 0.25) is 6.41 Å². The zero-order valence-corrected chi connectivity index (χ0v) is 22.7. The molecule has 38 heavy (non-hydrogen) atoms. The molecule has 0 aromatic heterocycles. The Kier molecular flexibility index (Phi) is 11.3. The predicted molar refractivity (Wildman–Crippen MR) is 139 cm³/mol. The van der Waals surface area contributed by atoms with Crippen LogP contribution < -0.4 is 5.32 Å². The summed E-state index contributed by atoms with van der Waals surface area (Å²) >= 11 is 1.07. The van der Waals surface area contributed by atoms with Crippen LogP contribution in [0.3, 0.4) is 0 Å². The number of thioether (sulfide) groups is 1. The highest BCUT2D eigenvalue weighted by molar-refractivity contribution is 8.03. The summed E-state index contributed by atoms with van der Waals surface area (Å²) in [5, 5.41) is 14.3. The van der Waals surface area contributed by atoms with Gasteiger partial charge in [0, 0.05) is 30.6 Å². The van der Waals surface area contributed by atoms with Crippen molar-refractivity contribution in [1.29, 1.82) is 0 Å². The van der Waals surface area contributed by atoms with Gasteiger partial charge in [-0.25, -0.2) is 14.4 Å². The minimum Gasteiger partial charge on any atom is -0.464 e. The molecule has 2 atom stereocenters. The fourth-order valence-electron chi connectivity index (χ4n) is 3.88. The largest absolute Gasteiger partial charge is 0.464 e. The van der Waals surface area contributed by atoms with Crippen LogP contribution in [0.15, 0.2) is 46.1 Å². The maximum absolute atomic E-state index is 13.4. The van der Waals surface area contributed by atoms with Gasteiger partial charge in [-0.3, -0.25) is 14.9 Å². The topological polar surface area (TPSA) is 154 Å². The lowest BCUT2D eigenvalue weighted by atomic mass is 9.81. The van der Waals surface area contributed by atoms with Crippen molar-refractivity contribution in [2.45, 2.75) is 39.7 Å². The third-order valence-corrected chi connectivity index (χ3v) is 6.90. The van der Waals surface area contributed by atoms with E-state index in [0.29, 0.717) is 22.7 Å². The zero-order valence-electron chi connectivity index (χ0n) is 21.8. The molecule has 1 aliphatic heterocycles. The van der Waals surface area contributed by atoms with Crippen molar-refractivity contribution in [3.8, 4) is 0 Å². The molecule has 1 aromatic carbocycles. The number of nitro benzene ring substituents is 1. The van der Waals surface area contributed by atoms with E-state index in [2.05, 4.69) is 5.32 Å². The van der Waals surface area contributed by atoms with Crippen LogP contribution in [-0.4, -0.2) is 72.8 Å². The Hall–Kier alpha value is -3.87. The lowest BCUT2D eigenvalue weighted by molar-refractivity contribution is -0.384. The standard InChI is InChI=1S/C25H31N3O9S/c1-6-35-23(30)18(26-14-29)13-38-22-21(25(32)37-8-3)20(16-10-9-11-17(12-16)28(33)34)19(15(4)27(22)5)24(31)36-7-2/h9-12,14,18,20H,6-8,13H2,1-5H3,(H,26,29). The van der Waals surface area contributed by atoms with Crippen molar-refractivity contribution in [3.05, 3.63) is 61.8 Å². The maximum Gasteiger partial charge on any atom is 0.337 e. The number of hydrogen-bond donors (Lipinski definition) is 1. The van der Waals surface area contributed by atoms with Crippen molar-refractivity contribution in [2.75, 3.05) is 32.6 Å². The minimum atomic E-state index is -1.06. The second-order valence-corrected chi connectivity index (χ2v) is 8.91. The molecule has 2 unspecified atom stereocenters. The van der Waals surface area contributed by atoms with Crippen molar-refractivity contribution >= 4 is 41.8 Å². The van der Waals surface area contributed by atoms with Gasteiger partial charge in [0.15, 0.2) is 0 Å². The molecule has 206 valence electrons. The lowest BCUT2D eigenvalue weighted by Crippen LogP contribution is -2.40. The highest BCUT2D eigenvalue weighted by Gasteiger charge is 2.42. The maximum atomic E-state index is 13.4. The molecule has 1 aliphatic rings. The minimum absolute atomic E-state index is 0.0101. The average Bonchev–Trinajstić information content (AvgIpc) is 2.88. The number of carbonyl (C=O) groups is 4. The van der Waals surface area contributed by atoms with Crippen molar-refractivity contribution < 1.29 is 38.3 Å². The van der Waals surface area contributed by atoms with Crippen LogP contribution in [0.5, 0.6) is 0 Å². The van der Waals surface area contributed by atoms with E-state index >= 15 is 0 Å². The number of amides is 1. The molecule has 0 saturated heterocycles. The molecule has 1 N–H and O–H groups in total. The number of nitrogens with one attached hydrogen (secondary N) is 1. The van der Waals surface area contributed by atoms with Crippen molar-refractivity contribution in [3.63, 3.8) is 0 Å². The van der Waals surface area contributed by atoms with Gasteiger partial charge < -0.3 is 24.4 Å². The summed E-state index contributed by atoms with van der Waals surface area (Å²) in [7, 11) is 1.63. The van der Waals surface area contributed by atoms with E-state index in [4.69, 9.17) is 14.2 Å². The summed E-state index contributed by atoms with van der Waals surface area (Å²) in [5.41, 5.74) is 0.685. The Labute approximate surface area is 224 Å². The first-order valence-electron chi connectivity index (χ1n) is 11.9. The van der Waals surface area contributed by atoms with E-state index in [1.165, 1.54) is 18.2 Å². The predicted octanol–water partition coefficient (Wildman–Crippen LogP) is 2.65. The fourth-order valence-corrected chi connectivity index (χ4v) is 5.12. The first-order valence-corrected chi connectivity index (χ1v) is 12.9.